The first-order chi connectivity index (χ1) is 14.2. The Kier molecular flexibility index (Phi) is 4.73. The lowest BCUT2D eigenvalue weighted by Crippen LogP contribution is -2.32. The van der Waals surface area contributed by atoms with Crippen LogP contribution in [0.25, 0.3) is 22.4 Å². The van der Waals surface area contributed by atoms with Crippen LogP contribution in [0.15, 0.2) is 30.3 Å². The number of imidazole rings is 1. The van der Waals surface area contributed by atoms with Gasteiger partial charge < -0.3 is 19.2 Å². The predicted octanol–water partition coefficient (Wildman–Crippen LogP) is 3.59. The quantitative estimate of drug-likeness (QED) is 0.580. The molecule has 3 aromatic rings. The summed E-state index contributed by atoms with van der Waals surface area (Å²) in [5, 5.41) is 3.00. The molecule has 30 heavy (non-hydrogen) atoms. The Bertz CT molecular complexity index is 1260. The summed E-state index contributed by atoms with van der Waals surface area (Å²) in [6, 6.07) is 8.60. The average molecular weight is 429 g/mol. The molecule has 8 nitrogen and oxygen atoms in total. The summed E-state index contributed by atoms with van der Waals surface area (Å²) in [7, 11) is -2.15. The fourth-order valence-corrected chi connectivity index (χ4v) is 4.55. The number of benzene rings is 2. The molecular weight excluding hydrogens is 406 g/mol. The highest BCUT2D eigenvalue weighted by atomic mass is 32.2. The molecule has 0 saturated heterocycles. The first kappa shape index (κ1) is 20.2. The van der Waals surface area contributed by atoms with E-state index in [0.29, 0.717) is 30.0 Å². The van der Waals surface area contributed by atoms with Crippen molar-refractivity contribution in [3.63, 3.8) is 0 Å². The van der Waals surface area contributed by atoms with Gasteiger partial charge in [0.25, 0.3) is 0 Å². The number of rotatable bonds is 6. The number of H-pyrrole nitrogens is 1. The molecule has 0 spiro atoms. The molecule has 2 aromatic carbocycles. The van der Waals surface area contributed by atoms with E-state index in [1.807, 2.05) is 26.0 Å². The first-order valence-electron chi connectivity index (χ1n) is 9.64. The third-order valence-electron chi connectivity index (χ3n) is 5.70. The van der Waals surface area contributed by atoms with E-state index < -0.39 is 15.5 Å². The zero-order valence-electron chi connectivity index (χ0n) is 17.2. The summed E-state index contributed by atoms with van der Waals surface area (Å²) in [6.45, 7) is 4.03. The van der Waals surface area contributed by atoms with Gasteiger partial charge in [-0.25, -0.2) is 4.98 Å². The molecule has 1 aliphatic rings. The molecule has 0 aliphatic carbocycles. The van der Waals surface area contributed by atoms with Crippen LogP contribution in [0.2, 0.25) is 0 Å². The Morgan fingerprint density at radius 2 is 1.87 bits per heavy atom. The molecule has 158 valence electrons. The highest BCUT2D eigenvalue weighted by molar-refractivity contribution is 7.86. The monoisotopic (exact) mass is 429 g/mol. The number of anilines is 1. The van der Waals surface area contributed by atoms with Crippen molar-refractivity contribution < 1.29 is 22.1 Å². The van der Waals surface area contributed by atoms with Gasteiger partial charge in [0, 0.05) is 11.8 Å². The van der Waals surface area contributed by atoms with Gasteiger partial charge in [0.2, 0.25) is 5.91 Å². The largest absolute Gasteiger partial charge is 0.496 e. The van der Waals surface area contributed by atoms with Crippen molar-refractivity contribution in [2.24, 2.45) is 0 Å². The molecule has 0 radical (unpaired) electrons. The van der Waals surface area contributed by atoms with Gasteiger partial charge in [0.1, 0.15) is 17.3 Å². The third-order valence-corrected chi connectivity index (χ3v) is 6.20. The van der Waals surface area contributed by atoms with Gasteiger partial charge in [-0.3, -0.25) is 4.79 Å². The minimum atomic E-state index is -3.64. The first-order valence-corrected chi connectivity index (χ1v) is 11.5. The molecule has 9 heteroatoms. The fourth-order valence-electron chi connectivity index (χ4n) is 4.09. The van der Waals surface area contributed by atoms with E-state index in [0.717, 1.165) is 28.5 Å². The number of aromatic amines is 1. The molecule has 0 bridgehead atoms. The van der Waals surface area contributed by atoms with Crippen molar-refractivity contribution in [3.8, 4) is 22.9 Å². The summed E-state index contributed by atoms with van der Waals surface area (Å²) < 4.78 is 33.1. The van der Waals surface area contributed by atoms with Crippen molar-refractivity contribution in [3.05, 3.63) is 35.9 Å². The summed E-state index contributed by atoms with van der Waals surface area (Å²) in [5.41, 5.74) is 3.42. The molecule has 4 rings (SSSR count). The minimum Gasteiger partial charge on any atom is -0.496 e. The van der Waals surface area contributed by atoms with Crippen molar-refractivity contribution in [2.75, 3.05) is 18.7 Å². The van der Waals surface area contributed by atoms with Crippen molar-refractivity contribution >= 4 is 32.7 Å². The van der Waals surface area contributed by atoms with E-state index in [1.165, 1.54) is 13.2 Å². The lowest BCUT2D eigenvalue weighted by atomic mass is 9.77. The zero-order valence-corrected chi connectivity index (χ0v) is 18.0. The molecule has 1 aromatic heterocycles. The Labute approximate surface area is 174 Å². The highest BCUT2D eigenvalue weighted by Crippen LogP contribution is 2.44. The molecule has 1 aliphatic heterocycles. The van der Waals surface area contributed by atoms with Crippen LogP contribution in [0.3, 0.4) is 0 Å². The molecule has 0 saturated carbocycles. The standard InChI is InChI=1S/C21H23N3O5S/c1-5-21(6-2)14-10-16-17(11-15(14)24-20(21)25)23-19(22-16)13-8-7-12(9-18(13)28-3)29-30(4,26)27/h7-11H,5-6H2,1-4H3,(H,22,23)(H,24,25). The number of carbonyl (C=O) groups is 1. The van der Waals surface area contributed by atoms with Crippen LogP contribution in [0.5, 0.6) is 11.5 Å². The van der Waals surface area contributed by atoms with E-state index in [4.69, 9.17) is 13.9 Å². The fraction of sp³-hybridized carbons (Fsp3) is 0.333. The average Bonchev–Trinajstić information content (AvgIpc) is 3.22. The molecule has 0 unspecified atom stereocenters. The van der Waals surface area contributed by atoms with E-state index >= 15 is 0 Å². The minimum absolute atomic E-state index is 0.0264. The van der Waals surface area contributed by atoms with Crippen LogP contribution in [0.1, 0.15) is 32.3 Å². The number of nitrogens with zero attached hydrogens (tertiary/aromatic N) is 1. The molecule has 1 amide bonds. The molecule has 2 heterocycles. The van der Waals surface area contributed by atoms with E-state index in [2.05, 4.69) is 10.3 Å². The van der Waals surface area contributed by atoms with Gasteiger partial charge in [-0.15, -0.1) is 0 Å². The Balaban J connectivity index is 1.80. The summed E-state index contributed by atoms with van der Waals surface area (Å²) in [4.78, 5) is 20.6. The van der Waals surface area contributed by atoms with Gasteiger partial charge in [0.15, 0.2) is 0 Å². The van der Waals surface area contributed by atoms with E-state index in [-0.39, 0.29) is 11.7 Å². The Hall–Kier alpha value is -3.07. The second-order valence-electron chi connectivity index (χ2n) is 7.39. The van der Waals surface area contributed by atoms with Gasteiger partial charge in [-0.2, -0.15) is 8.42 Å². The second kappa shape index (κ2) is 7.02. The number of amides is 1. The predicted molar refractivity (Wildman–Crippen MR) is 114 cm³/mol. The Morgan fingerprint density at radius 1 is 1.13 bits per heavy atom. The summed E-state index contributed by atoms with van der Waals surface area (Å²) in [6.07, 6.45) is 2.40. The van der Waals surface area contributed by atoms with Crippen LogP contribution in [-0.4, -0.2) is 37.7 Å². The molecule has 0 fully saturated rings. The maximum atomic E-state index is 12.6. The summed E-state index contributed by atoms with van der Waals surface area (Å²) in [5.74, 6) is 1.18. The van der Waals surface area contributed by atoms with Gasteiger partial charge >= 0.3 is 10.1 Å². The number of nitrogens with one attached hydrogen (secondary N) is 2. The number of aromatic nitrogens is 2. The van der Waals surface area contributed by atoms with Crippen LogP contribution >= 0.6 is 0 Å². The summed E-state index contributed by atoms with van der Waals surface area (Å²) >= 11 is 0. The van der Waals surface area contributed by atoms with Crippen LogP contribution in [0.4, 0.5) is 5.69 Å². The van der Waals surface area contributed by atoms with Gasteiger partial charge in [-0.1, -0.05) is 13.8 Å². The van der Waals surface area contributed by atoms with Crippen molar-refractivity contribution in [1.29, 1.82) is 0 Å². The molecular formula is C21H23N3O5S. The maximum absolute atomic E-state index is 12.6. The molecule has 2 N–H and O–H groups in total. The zero-order chi connectivity index (χ0) is 21.7. The lowest BCUT2D eigenvalue weighted by Gasteiger charge is -2.23. The van der Waals surface area contributed by atoms with Gasteiger partial charge in [0.05, 0.1) is 35.4 Å². The topological polar surface area (TPSA) is 110 Å². The van der Waals surface area contributed by atoms with Gasteiger partial charge in [-0.05, 0) is 42.7 Å². The second-order valence-corrected chi connectivity index (χ2v) is 8.97. The van der Waals surface area contributed by atoms with Crippen LogP contribution < -0.4 is 14.2 Å². The highest BCUT2D eigenvalue weighted by Gasteiger charge is 2.44. The van der Waals surface area contributed by atoms with Crippen molar-refractivity contribution in [2.45, 2.75) is 32.1 Å². The Morgan fingerprint density at radius 3 is 2.50 bits per heavy atom. The number of carbonyl (C=O) groups excluding carboxylic acids is 1. The molecule has 0 atom stereocenters. The SMILES string of the molecule is CCC1(CC)C(=O)Nc2cc3[nH]c(-c4ccc(OS(C)(=O)=O)cc4OC)nc3cc21. The normalized spacial score (nSPS) is 15.1. The number of hydrogen-bond donors (Lipinski definition) is 2. The van der Waals surface area contributed by atoms with Crippen LogP contribution in [-0.2, 0) is 20.3 Å². The number of methoxy groups -OCH3 is 1. The number of ether oxygens (including phenoxy) is 1. The van der Waals surface area contributed by atoms with E-state index in [9.17, 15) is 13.2 Å². The van der Waals surface area contributed by atoms with Crippen molar-refractivity contribution in [1.82, 2.24) is 9.97 Å². The smallest absolute Gasteiger partial charge is 0.306 e. The number of fused-ring (bicyclic) bond motifs is 2. The lowest BCUT2D eigenvalue weighted by molar-refractivity contribution is -0.121. The van der Waals surface area contributed by atoms with E-state index in [1.54, 1.807) is 12.1 Å². The maximum Gasteiger partial charge on any atom is 0.306 e. The third kappa shape index (κ3) is 3.19. The number of hydrogen-bond acceptors (Lipinski definition) is 6. The van der Waals surface area contributed by atoms with Crippen LogP contribution in [0, 0.1) is 0 Å².